The SMILES string of the molecule is C/C=C/C(=O)c1ccc(N2CCN(Cc3ccc(O)cc3)CC2)cc1. The lowest BCUT2D eigenvalue weighted by Gasteiger charge is -2.36. The van der Waals surface area contributed by atoms with Gasteiger partial charge in [-0.15, -0.1) is 0 Å². The van der Waals surface area contributed by atoms with Crippen molar-refractivity contribution >= 4 is 11.5 Å². The minimum absolute atomic E-state index is 0.0489. The Balaban J connectivity index is 1.55. The third kappa shape index (κ3) is 4.48. The summed E-state index contributed by atoms with van der Waals surface area (Å²) in [7, 11) is 0. The standard InChI is InChI=1S/C21H24N2O2/c1-2-3-21(25)18-6-8-19(9-7-18)23-14-12-22(13-15-23)16-17-4-10-20(24)11-5-17/h2-11,24H,12-16H2,1H3/b3-2+. The molecule has 1 aliphatic heterocycles. The zero-order chi connectivity index (χ0) is 17.6. The van der Waals surface area contributed by atoms with Gasteiger partial charge in [-0.3, -0.25) is 9.69 Å². The normalized spacial score (nSPS) is 15.6. The van der Waals surface area contributed by atoms with Crippen molar-refractivity contribution in [3.63, 3.8) is 0 Å². The van der Waals surface area contributed by atoms with Crippen LogP contribution >= 0.6 is 0 Å². The van der Waals surface area contributed by atoms with E-state index in [9.17, 15) is 9.90 Å². The number of hydrogen-bond donors (Lipinski definition) is 1. The predicted octanol–water partition coefficient (Wildman–Crippen LogP) is 3.47. The molecule has 0 atom stereocenters. The zero-order valence-corrected chi connectivity index (χ0v) is 14.6. The molecule has 25 heavy (non-hydrogen) atoms. The molecule has 2 aromatic carbocycles. The van der Waals surface area contributed by atoms with Crippen molar-refractivity contribution in [3.8, 4) is 5.75 Å². The first-order chi connectivity index (χ1) is 12.2. The lowest BCUT2D eigenvalue weighted by molar-refractivity contribution is 0.104. The summed E-state index contributed by atoms with van der Waals surface area (Å²) in [5, 5.41) is 9.36. The van der Waals surface area contributed by atoms with Gasteiger partial charge in [0.15, 0.2) is 5.78 Å². The highest BCUT2D eigenvalue weighted by Crippen LogP contribution is 2.19. The number of benzene rings is 2. The van der Waals surface area contributed by atoms with E-state index in [-0.39, 0.29) is 5.78 Å². The van der Waals surface area contributed by atoms with Crippen molar-refractivity contribution in [1.82, 2.24) is 4.90 Å². The highest BCUT2D eigenvalue weighted by Gasteiger charge is 2.17. The Morgan fingerprint density at radius 1 is 1.00 bits per heavy atom. The van der Waals surface area contributed by atoms with E-state index in [1.807, 2.05) is 43.3 Å². The molecule has 1 aliphatic rings. The number of hydrogen-bond acceptors (Lipinski definition) is 4. The number of carbonyl (C=O) groups is 1. The molecule has 1 saturated heterocycles. The van der Waals surface area contributed by atoms with Crippen LogP contribution in [0.15, 0.2) is 60.7 Å². The maximum absolute atomic E-state index is 11.8. The van der Waals surface area contributed by atoms with E-state index in [2.05, 4.69) is 9.80 Å². The minimum Gasteiger partial charge on any atom is -0.508 e. The van der Waals surface area contributed by atoms with Crippen LogP contribution in [0, 0.1) is 0 Å². The third-order valence-corrected chi connectivity index (χ3v) is 4.55. The van der Waals surface area contributed by atoms with E-state index in [1.165, 1.54) is 11.3 Å². The smallest absolute Gasteiger partial charge is 0.185 e. The van der Waals surface area contributed by atoms with E-state index >= 15 is 0 Å². The third-order valence-electron chi connectivity index (χ3n) is 4.55. The molecular weight excluding hydrogens is 312 g/mol. The van der Waals surface area contributed by atoms with Gasteiger partial charge < -0.3 is 10.0 Å². The van der Waals surface area contributed by atoms with Gasteiger partial charge in [0.2, 0.25) is 0 Å². The monoisotopic (exact) mass is 336 g/mol. The Morgan fingerprint density at radius 2 is 1.64 bits per heavy atom. The number of anilines is 1. The number of phenolic OH excluding ortho intramolecular Hbond substituents is 1. The van der Waals surface area contributed by atoms with Crippen molar-refractivity contribution in [2.24, 2.45) is 0 Å². The molecule has 0 amide bonds. The summed E-state index contributed by atoms with van der Waals surface area (Å²) in [6, 6.07) is 15.3. The fourth-order valence-electron chi connectivity index (χ4n) is 3.11. The number of aromatic hydroxyl groups is 1. The summed E-state index contributed by atoms with van der Waals surface area (Å²) < 4.78 is 0. The summed E-state index contributed by atoms with van der Waals surface area (Å²) in [5.41, 5.74) is 3.12. The van der Waals surface area contributed by atoms with E-state index < -0.39 is 0 Å². The van der Waals surface area contributed by atoms with Crippen LogP contribution in [-0.2, 0) is 6.54 Å². The maximum atomic E-state index is 11.8. The Bertz CT molecular complexity index is 727. The Morgan fingerprint density at radius 3 is 2.24 bits per heavy atom. The van der Waals surface area contributed by atoms with Crippen LogP contribution in [0.2, 0.25) is 0 Å². The quantitative estimate of drug-likeness (QED) is 0.671. The van der Waals surface area contributed by atoms with E-state index in [0.717, 1.165) is 38.3 Å². The van der Waals surface area contributed by atoms with Crippen molar-refractivity contribution in [2.45, 2.75) is 13.5 Å². The van der Waals surface area contributed by atoms with Crippen molar-refractivity contribution in [1.29, 1.82) is 0 Å². The highest BCUT2D eigenvalue weighted by atomic mass is 16.3. The molecule has 1 fully saturated rings. The molecule has 4 heteroatoms. The Hall–Kier alpha value is -2.59. The van der Waals surface area contributed by atoms with Crippen molar-refractivity contribution in [3.05, 3.63) is 71.8 Å². The molecule has 1 N–H and O–H groups in total. The predicted molar refractivity (Wildman–Crippen MR) is 101 cm³/mol. The van der Waals surface area contributed by atoms with Gasteiger partial charge in [0.05, 0.1) is 0 Å². The summed E-state index contributed by atoms with van der Waals surface area (Å²) in [5.74, 6) is 0.359. The second kappa shape index (κ2) is 7.99. The van der Waals surface area contributed by atoms with E-state index in [0.29, 0.717) is 5.75 Å². The molecule has 0 radical (unpaired) electrons. The molecule has 0 aromatic heterocycles. The van der Waals surface area contributed by atoms with Gasteiger partial charge in [0.25, 0.3) is 0 Å². The maximum Gasteiger partial charge on any atom is 0.185 e. The second-order valence-electron chi connectivity index (χ2n) is 6.34. The van der Waals surface area contributed by atoms with Crippen LogP contribution < -0.4 is 4.90 Å². The average molecular weight is 336 g/mol. The van der Waals surface area contributed by atoms with Crippen LogP contribution in [0.1, 0.15) is 22.8 Å². The number of piperazine rings is 1. The Kier molecular flexibility index (Phi) is 5.51. The van der Waals surface area contributed by atoms with Gasteiger partial charge >= 0.3 is 0 Å². The van der Waals surface area contributed by atoms with Gasteiger partial charge in [-0.2, -0.15) is 0 Å². The Labute approximate surface area is 149 Å². The number of carbonyl (C=O) groups excluding carboxylic acids is 1. The molecule has 0 saturated carbocycles. The van der Waals surface area contributed by atoms with Crippen molar-refractivity contribution < 1.29 is 9.90 Å². The summed E-state index contributed by atoms with van der Waals surface area (Å²) >= 11 is 0. The summed E-state index contributed by atoms with van der Waals surface area (Å²) in [6.07, 6.45) is 3.36. The van der Waals surface area contributed by atoms with Crippen LogP contribution in [0.25, 0.3) is 0 Å². The lowest BCUT2D eigenvalue weighted by Crippen LogP contribution is -2.45. The van der Waals surface area contributed by atoms with E-state index in [1.54, 1.807) is 24.3 Å². The molecule has 0 unspecified atom stereocenters. The summed E-state index contributed by atoms with van der Waals surface area (Å²) in [6.45, 7) is 6.70. The van der Waals surface area contributed by atoms with Crippen LogP contribution in [-0.4, -0.2) is 42.0 Å². The summed E-state index contributed by atoms with van der Waals surface area (Å²) in [4.78, 5) is 16.6. The molecule has 3 rings (SSSR count). The second-order valence-corrected chi connectivity index (χ2v) is 6.34. The van der Waals surface area contributed by atoms with Gasteiger partial charge in [-0.05, 0) is 55.0 Å². The largest absolute Gasteiger partial charge is 0.508 e. The first kappa shape index (κ1) is 17.2. The first-order valence-electron chi connectivity index (χ1n) is 8.68. The molecule has 0 aliphatic carbocycles. The molecule has 4 nitrogen and oxygen atoms in total. The van der Waals surface area contributed by atoms with Crippen LogP contribution in [0.3, 0.4) is 0 Å². The highest BCUT2D eigenvalue weighted by molar-refractivity contribution is 6.04. The topological polar surface area (TPSA) is 43.8 Å². The van der Waals surface area contributed by atoms with Gasteiger partial charge in [0.1, 0.15) is 5.75 Å². The zero-order valence-electron chi connectivity index (χ0n) is 14.6. The number of phenols is 1. The average Bonchev–Trinajstić information content (AvgIpc) is 2.65. The van der Waals surface area contributed by atoms with Crippen molar-refractivity contribution in [2.75, 3.05) is 31.1 Å². The molecule has 0 bridgehead atoms. The fourth-order valence-corrected chi connectivity index (χ4v) is 3.11. The van der Waals surface area contributed by atoms with Crippen LogP contribution in [0.4, 0.5) is 5.69 Å². The number of nitrogens with zero attached hydrogens (tertiary/aromatic N) is 2. The minimum atomic E-state index is 0.0489. The molecule has 1 heterocycles. The molecule has 2 aromatic rings. The number of ketones is 1. The molecular formula is C21H24N2O2. The van der Waals surface area contributed by atoms with Gasteiger partial charge in [-0.25, -0.2) is 0 Å². The number of allylic oxidation sites excluding steroid dienone is 2. The van der Waals surface area contributed by atoms with Gasteiger partial charge in [-0.1, -0.05) is 18.2 Å². The van der Waals surface area contributed by atoms with E-state index in [4.69, 9.17) is 0 Å². The molecule has 130 valence electrons. The van der Waals surface area contributed by atoms with Gasteiger partial charge in [0, 0.05) is 44.0 Å². The fraction of sp³-hybridized carbons (Fsp3) is 0.286. The lowest BCUT2D eigenvalue weighted by atomic mass is 10.1. The first-order valence-corrected chi connectivity index (χ1v) is 8.68. The van der Waals surface area contributed by atoms with Crippen LogP contribution in [0.5, 0.6) is 5.75 Å². The number of rotatable bonds is 5. The molecule has 0 spiro atoms.